The van der Waals surface area contributed by atoms with Crippen LogP contribution >= 0.6 is 12.4 Å². The number of aryl methyl sites for hydroxylation is 1. The molecule has 1 aliphatic rings. The molecule has 0 atom stereocenters. The molecule has 0 aliphatic carbocycles. The number of piperidine rings is 1. The number of carbonyl (C=O) groups excluding carboxylic acids is 1. The van der Waals surface area contributed by atoms with Gasteiger partial charge in [-0.15, -0.1) is 12.4 Å². The summed E-state index contributed by atoms with van der Waals surface area (Å²) in [4.78, 5) is 12.0. The summed E-state index contributed by atoms with van der Waals surface area (Å²) in [5.74, 6) is 0.499. The summed E-state index contributed by atoms with van der Waals surface area (Å²) in [7, 11) is 1.42. The van der Waals surface area contributed by atoms with E-state index in [2.05, 4.69) is 10.5 Å². The topological polar surface area (TPSA) is 64.4 Å². The molecule has 5 nitrogen and oxygen atoms in total. The van der Waals surface area contributed by atoms with Crippen LogP contribution in [-0.2, 0) is 14.9 Å². The van der Waals surface area contributed by atoms with Crippen LogP contribution in [-0.4, -0.2) is 31.3 Å². The Kier molecular flexibility index (Phi) is 4.54. The van der Waals surface area contributed by atoms with Gasteiger partial charge < -0.3 is 14.6 Å². The fraction of sp³-hybridized carbons (Fsp3) is 0.636. The maximum Gasteiger partial charge on any atom is 0.318 e. The van der Waals surface area contributed by atoms with Gasteiger partial charge >= 0.3 is 5.97 Å². The number of hydrogen-bond donors (Lipinski definition) is 1. The maximum absolute atomic E-state index is 12.0. The van der Waals surface area contributed by atoms with Gasteiger partial charge in [0.1, 0.15) is 16.9 Å². The number of nitrogens with zero attached hydrogens (tertiary/aromatic N) is 1. The largest absolute Gasteiger partial charge is 0.468 e. The number of methoxy groups -OCH3 is 1. The van der Waals surface area contributed by atoms with E-state index in [1.807, 2.05) is 13.0 Å². The van der Waals surface area contributed by atoms with Crippen molar-refractivity contribution in [1.82, 2.24) is 10.5 Å². The quantitative estimate of drug-likeness (QED) is 0.810. The predicted octanol–water partition coefficient (Wildman–Crippen LogP) is 1.20. The van der Waals surface area contributed by atoms with Gasteiger partial charge in [-0.3, -0.25) is 4.79 Å². The lowest BCUT2D eigenvalue weighted by molar-refractivity contribution is -0.149. The highest BCUT2D eigenvalue weighted by atomic mass is 35.5. The van der Waals surface area contributed by atoms with Gasteiger partial charge in [0, 0.05) is 6.07 Å². The van der Waals surface area contributed by atoms with Crippen molar-refractivity contribution in [2.45, 2.75) is 25.2 Å². The third-order valence-electron chi connectivity index (χ3n) is 3.15. The van der Waals surface area contributed by atoms with Crippen LogP contribution in [0.3, 0.4) is 0 Å². The van der Waals surface area contributed by atoms with Crippen LogP contribution < -0.4 is 5.32 Å². The Balaban J connectivity index is 0.00000144. The number of aromatic nitrogens is 1. The zero-order valence-electron chi connectivity index (χ0n) is 9.99. The molecular weight excluding hydrogens is 244 g/mol. The van der Waals surface area contributed by atoms with E-state index in [9.17, 15) is 4.79 Å². The fourth-order valence-corrected chi connectivity index (χ4v) is 2.21. The van der Waals surface area contributed by atoms with E-state index in [0.29, 0.717) is 18.5 Å². The van der Waals surface area contributed by atoms with E-state index in [-0.39, 0.29) is 18.4 Å². The van der Waals surface area contributed by atoms with Crippen LogP contribution in [0.4, 0.5) is 0 Å². The maximum atomic E-state index is 12.0. The number of carbonyl (C=O) groups is 1. The lowest BCUT2D eigenvalue weighted by Gasteiger charge is -2.32. The highest BCUT2D eigenvalue weighted by Gasteiger charge is 2.44. The average molecular weight is 261 g/mol. The van der Waals surface area contributed by atoms with Crippen LogP contribution in [0.2, 0.25) is 0 Å². The van der Waals surface area contributed by atoms with Crippen LogP contribution in [0, 0.1) is 6.92 Å². The molecule has 1 saturated heterocycles. The lowest BCUT2D eigenvalue weighted by atomic mass is 9.76. The Bertz CT molecular complexity index is 386. The van der Waals surface area contributed by atoms with Crippen LogP contribution in [0.5, 0.6) is 0 Å². The van der Waals surface area contributed by atoms with Gasteiger partial charge in [0.25, 0.3) is 0 Å². The van der Waals surface area contributed by atoms with Gasteiger partial charge in [-0.2, -0.15) is 0 Å². The zero-order valence-corrected chi connectivity index (χ0v) is 10.8. The second kappa shape index (κ2) is 5.51. The van der Waals surface area contributed by atoms with E-state index in [1.165, 1.54) is 7.11 Å². The van der Waals surface area contributed by atoms with Crippen molar-refractivity contribution in [1.29, 1.82) is 0 Å². The Morgan fingerprint density at radius 3 is 2.65 bits per heavy atom. The highest BCUT2D eigenvalue weighted by Crippen LogP contribution is 2.34. The van der Waals surface area contributed by atoms with Crippen molar-refractivity contribution in [2.75, 3.05) is 20.2 Å². The molecule has 0 saturated carbocycles. The van der Waals surface area contributed by atoms with E-state index in [4.69, 9.17) is 9.26 Å². The number of hydrogen-bond acceptors (Lipinski definition) is 5. The number of esters is 1. The number of nitrogens with one attached hydrogen (secondary N) is 1. The van der Waals surface area contributed by atoms with Crippen molar-refractivity contribution >= 4 is 18.4 Å². The summed E-state index contributed by atoms with van der Waals surface area (Å²) in [6.07, 6.45) is 1.40. The first-order valence-corrected chi connectivity index (χ1v) is 5.42. The first-order chi connectivity index (χ1) is 7.69. The molecule has 1 fully saturated rings. The molecule has 2 heterocycles. The standard InChI is InChI=1S/C11H16N2O3.ClH/c1-8-7-9(13-16-8)11(10(14)15-2)3-5-12-6-4-11;/h7,12H,3-6H2,1-2H3;1H. The SMILES string of the molecule is COC(=O)C1(c2cc(C)on2)CCNCC1.Cl. The minimum Gasteiger partial charge on any atom is -0.468 e. The second-order valence-electron chi connectivity index (χ2n) is 4.15. The van der Waals surface area contributed by atoms with E-state index >= 15 is 0 Å². The van der Waals surface area contributed by atoms with Gasteiger partial charge in [-0.25, -0.2) is 0 Å². The molecule has 0 radical (unpaired) electrons. The Morgan fingerprint density at radius 2 is 2.18 bits per heavy atom. The van der Waals surface area contributed by atoms with E-state index in [0.717, 1.165) is 18.8 Å². The molecule has 0 amide bonds. The van der Waals surface area contributed by atoms with Gasteiger partial charge in [-0.05, 0) is 32.9 Å². The highest BCUT2D eigenvalue weighted by molar-refractivity contribution is 5.85. The van der Waals surface area contributed by atoms with Crippen molar-refractivity contribution in [3.05, 3.63) is 17.5 Å². The first-order valence-electron chi connectivity index (χ1n) is 5.42. The molecular formula is C11H17ClN2O3. The monoisotopic (exact) mass is 260 g/mol. The third-order valence-corrected chi connectivity index (χ3v) is 3.15. The molecule has 0 spiro atoms. The summed E-state index contributed by atoms with van der Waals surface area (Å²) in [5.41, 5.74) is 0.0657. The molecule has 1 aromatic rings. The van der Waals surface area contributed by atoms with Crippen LogP contribution in [0.1, 0.15) is 24.3 Å². The van der Waals surface area contributed by atoms with Crippen LogP contribution in [0.25, 0.3) is 0 Å². The summed E-state index contributed by atoms with van der Waals surface area (Å²) in [6, 6.07) is 1.82. The first kappa shape index (κ1) is 14.0. The Hall–Kier alpha value is -1.07. The minimum atomic E-state index is -0.627. The summed E-state index contributed by atoms with van der Waals surface area (Å²) < 4.78 is 9.97. The fourth-order valence-electron chi connectivity index (χ4n) is 2.21. The normalized spacial score (nSPS) is 18.2. The molecule has 0 unspecified atom stereocenters. The molecule has 2 rings (SSSR count). The molecule has 1 N–H and O–H groups in total. The zero-order chi connectivity index (χ0) is 11.6. The van der Waals surface area contributed by atoms with Crippen molar-refractivity contribution in [3.8, 4) is 0 Å². The molecule has 17 heavy (non-hydrogen) atoms. The Morgan fingerprint density at radius 1 is 1.53 bits per heavy atom. The Labute approximate surface area is 106 Å². The van der Waals surface area contributed by atoms with E-state index < -0.39 is 5.41 Å². The van der Waals surface area contributed by atoms with Crippen molar-refractivity contribution < 1.29 is 14.1 Å². The second-order valence-corrected chi connectivity index (χ2v) is 4.15. The van der Waals surface area contributed by atoms with E-state index in [1.54, 1.807) is 0 Å². The molecule has 0 bridgehead atoms. The molecule has 1 aliphatic heterocycles. The average Bonchev–Trinajstić information content (AvgIpc) is 2.76. The molecule has 1 aromatic heterocycles. The summed E-state index contributed by atoms with van der Waals surface area (Å²) >= 11 is 0. The molecule has 96 valence electrons. The number of ether oxygens (including phenoxy) is 1. The third kappa shape index (κ3) is 2.45. The smallest absolute Gasteiger partial charge is 0.318 e. The summed E-state index contributed by atoms with van der Waals surface area (Å²) in [5, 5.41) is 7.21. The van der Waals surface area contributed by atoms with Crippen LogP contribution in [0.15, 0.2) is 10.6 Å². The minimum absolute atomic E-state index is 0. The lowest BCUT2D eigenvalue weighted by Crippen LogP contribution is -2.46. The van der Waals surface area contributed by atoms with Gasteiger partial charge in [0.2, 0.25) is 0 Å². The molecule has 6 heteroatoms. The van der Waals surface area contributed by atoms with Crippen molar-refractivity contribution in [2.24, 2.45) is 0 Å². The van der Waals surface area contributed by atoms with Gasteiger partial charge in [0.05, 0.1) is 7.11 Å². The van der Waals surface area contributed by atoms with Gasteiger partial charge in [-0.1, -0.05) is 5.16 Å². The van der Waals surface area contributed by atoms with Crippen molar-refractivity contribution in [3.63, 3.8) is 0 Å². The number of rotatable bonds is 2. The predicted molar refractivity (Wildman–Crippen MR) is 64.3 cm³/mol. The van der Waals surface area contributed by atoms with Gasteiger partial charge in [0.15, 0.2) is 0 Å². The summed E-state index contributed by atoms with van der Waals surface area (Å²) in [6.45, 7) is 3.41. The molecule has 0 aromatic carbocycles. The number of halogens is 1.